The van der Waals surface area contributed by atoms with E-state index in [0.717, 1.165) is 5.56 Å². The van der Waals surface area contributed by atoms with Crippen LogP contribution in [0, 0.1) is 6.92 Å². The maximum Gasteiger partial charge on any atom is 0.261 e. The summed E-state index contributed by atoms with van der Waals surface area (Å²) in [6.07, 6.45) is 0. The minimum atomic E-state index is -0.634. The lowest BCUT2D eigenvalue weighted by molar-refractivity contribution is -0.119. The van der Waals surface area contributed by atoms with Gasteiger partial charge in [-0.1, -0.05) is 29.8 Å². The first kappa shape index (κ1) is 20.2. The molecule has 2 aromatic carbocycles. The second-order valence-corrected chi connectivity index (χ2v) is 6.99. The van der Waals surface area contributed by atoms with Crippen molar-refractivity contribution in [2.75, 3.05) is 18.9 Å². The fourth-order valence-corrected chi connectivity index (χ4v) is 3.03. The number of carbonyl (C=O) groups is 2. The Hall–Kier alpha value is -3.52. The van der Waals surface area contributed by atoms with E-state index in [0.29, 0.717) is 22.4 Å². The van der Waals surface area contributed by atoms with Gasteiger partial charge >= 0.3 is 0 Å². The zero-order chi connectivity index (χ0) is 21.0. The molecule has 3 N–H and O–H groups in total. The highest BCUT2D eigenvalue weighted by Gasteiger charge is 2.15. The molecule has 0 unspecified atom stereocenters. The molecule has 29 heavy (non-hydrogen) atoms. The van der Waals surface area contributed by atoms with Crippen molar-refractivity contribution in [3.05, 3.63) is 70.3 Å². The van der Waals surface area contributed by atoms with E-state index in [1.54, 1.807) is 36.2 Å². The lowest BCUT2D eigenvalue weighted by atomic mass is 10.2. The van der Waals surface area contributed by atoms with Crippen LogP contribution < -0.4 is 16.6 Å². The first-order valence-corrected chi connectivity index (χ1v) is 9.15. The van der Waals surface area contributed by atoms with Crippen LogP contribution >= 0.6 is 0 Å². The van der Waals surface area contributed by atoms with Crippen LogP contribution in [-0.2, 0) is 22.7 Å². The second kappa shape index (κ2) is 8.66. The van der Waals surface area contributed by atoms with Gasteiger partial charge in [-0.25, -0.2) is 4.98 Å². The van der Waals surface area contributed by atoms with Gasteiger partial charge in [0, 0.05) is 5.69 Å². The number of hydrogen-bond acceptors (Lipinski definition) is 5. The first-order valence-electron chi connectivity index (χ1n) is 9.15. The van der Waals surface area contributed by atoms with E-state index < -0.39 is 5.91 Å². The molecule has 8 heteroatoms. The fraction of sp³-hybridized carbons (Fsp3) is 0.238. The van der Waals surface area contributed by atoms with E-state index in [4.69, 9.17) is 5.73 Å². The lowest BCUT2D eigenvalue weighted by Gasteiger charge is -2.19. The van der Waals surface area contributed by atoms with E-state index in [9.17, 15) is 14.4 Å². The SMILES string of the molecule is Cc1ccc(NC(=O)CN(C)Cc2nc3ccccc3c(=O)n2CC(N)=O)cc1. The van der Waals surface area contributed by atoms with Crippen molar-refractivity contribution in [3.63, 3.8) is 0 Å². The topological polar surface area (TPSA) is 110 Å². The normalized spacial score (nSPS) is 11.0. The van der Waals surface area contributed by atoms with Crippen LogP contribution in [-0.4, -0.2) is 39.9 Å². The van der Waals surface area contributed by atoms with Gasteiger partial charge in [0.05, 0.1) is 24.0 Å². The third-order valence-electron chi connectivity index (χ3n) is 4.41. The molecule has 150 valence electrons. The Kier molecular flexibility index (Phi) is 6.04. The summed E-state index contributed by atoms with van der Waals surface area (Å²) in [5.41, 5.74) is 7.33. The summed E-state index contributed by atoms with van der Waals surface area (Å²) in [5.74, 6) is -0.454. The number of amides is 2. The van der Waals surface area contributed by atoms with Crippen LogP contribution in [0.1, 0.15) is 11.4 Å². The number of fused-ring (bicyclic) bond motifs is 1. The molecule has 0 aliphatic rings. The number of rotatable bonds is 7. The molecular formula is C21H23N5O3. The Morgan fingerprint density at radius 1 is 1.14 bits per heavy atom. The Morgan fingerprint density at radius 3 is 2.52 bits per heavy atom. The second-order valence-electron chi connectivity index (χ2n) is 6.99. The number of nitrogens with zero attached hydrogens (tertiary/aromatic N) is 3. The molecule has 0 spiro atoms. The number of aromatic nitrogens is 2. The summed E-state index contributed by atoms with van der Waals surface area (Å²) in [5, 5.41) is 3.24. The van der Waals surface area contributed by atoms with Gasteiger partial charge in [0.2, 0.25) is 11.8 Å². The van der Waals surface area contributed by atoms with Crippen LogP contribution in [0.2, 0.25) is 0 Å². The van der Waals surface area contributed by atoms with Gasteiger partial charge in [-0.3, -0.25) is 23.9 Å². The van der Waals surface area contributed by atoms with Gasteiger partial charge in [-0.15, -0.1) is 0 Å². The van der Waals surface area contributed by atoms with Crippen molar-refractivity contribution in [3.8, 4) is 0 Å². The van der Waals surface area contributed by atoms with Crippen molar-refractivity contribution in [1.82, 2.24) is 14.5 Å². The van der Waals surface area contributed by atoms with Gasteiger partial charge in [0.1, 0.15) is 12.4 Å². The largest absolute Gasteiger partial charge is 0.368 e. The van der Waals surface area contributed by atoms with Gasteiger partial charge in [0.15, 0.2) is 0 Å². The highest BCUT2D eigenvalue weighted by molar-refractivity contribution is 5.92. The van der Waals surface area contributed by atoms with Gasteiger partial charge in [-0.2, -0.15) is 0 Å². The van der Waals surface area contributed by atoms with E-state index in [1.165, 1.54) is 4.57 Å². The number of anilines is 1. The van der Waals surface area contributed by atoms with Crippen LogP contribution in [0.25, 0.3) is 10.9 Å². The van der Waals surface area contributed by atoms with Crippen LogP contribution in [0.4, 0.5) is 5.69 Å². The van der Waals surface area contributed by atoms with Crippen LogP contribution in [0.3, 0.4) is 0 Å². The number of benzene rings is 2. The number of likely N-dealkylation sites (N-methyl/N-ethyl adjacent to an activating group) is 1. The highest BCUT2D eigenvalue weighted by Crippen LogP contribution is 2.11. The van der Waals surface area contributed by atoms with Crippen molar-refractivity contribution in [2.24, 2.45) is 5.73 Å². The monoisotopic (exact) mass is 393 g/mol. The predicted octanol–water partition coefficient (Wildman–Crippen LogP) is 1.26. The third-order valence-corrected chi connectivity index (χ3v) is 4.41. The number of carbonyl (C=O) groups excluding carboxylic acids is 2. The number of hydrogen-bond donors (Lipinski definition) is 2. The number of aryl methyl sites for hydroxylation is 1. The zero-order valence-electron chi connectivity index (χ0n) is 16.4. The molecule has 0 saturated carbocycles. The number of primary amides is 1. The first-order chi connectivity index (χ1) is 13.8. The number of para-hydroxylation sites is 1. The third kappa shape index (κ3) is 5.05. The molecule has 1 heterocycles. The molecule has 3 aromatic rings. The fourth-order valence-electron chi connectivity index (χ4n) is 3.03. The van der Waals surface area contributed by atoms with Crippen LogP contribution in [0.5, 0.6) is 0 Å². The Morgan fingerprint density at radius 2 is 1.83 bits per heavy atom. The maximum atomic E-state index is 12.8. The van der Waals surface area contributed by atoms with Crippen molar-refractivity contribution in [2.45, 2.75) is 20.0 Å². The number of nitrogens with one attached hydrogen (secondary N) is 1. The van der Waals surface area contributed by atoms with E-state index in [1.807, 2.05) is 31.2 Å². The minimum absolute atomic E-state index is 0.0904. The molecule has 0 aliphatic carbocycles. The Labute approximate surface area is 168 Å². The molecule has 2 amide bonds. The van der Waals surface area contributed by atoms with Gasteiger partial charge < -0.3 is 11.1 Å². The summed E-state index contributed by atoms with van der Waals surface area (Å²) < 4.78 is 1.26. The van der Waals surface area contributed by atoms with E-state index in [-0.39, 0.29) is 31.1 Å². The quantitative estimate of drug-likeness (QED) is 0.628. The molecule has 8 nitrogen and oxygen atoms in total. The van der Waals surface area contributed by atoms with Crippen molar-refractivity contribution < 1.29 is 9.59 Å². The Balaban J connectivity index is 1.78. The molecule has 0 atom stereocenters. The van der Waals surface area contributed by atoms with Crippen molar-refractivity contribution in [1.29, 1.82) is 0 Å². The standard InChI is InChI=1S/C21H23N5O3/c1-14-7-9-15(10-8-14)23-20(28)13-25(2)12-19-24-17-6-4-3-5-16(17)21(29)26(19)11-18(22)27/h3-10H,11-13H2,1-2H3,(H2,22,27)(H,23,28). The van der Waals surface area contributed by atoms with Gasteiger partial charge in [0.25, 0.3) is 5.56 Å². The molecule has 0 bridgehead atoms. The highest BCUT2D eigenvalue weighted by atomic mass is 16.2. The summed E-state index contributed by atoms with van der Waals surface area (Å²) in [4.78, 5) is 42.8. The smallest absolute Gasteiger partial charge is 0.261 e. The minimum Gasteiger partial charge on any atom is -0.368 e. The maximum absolute atomic E-state index is 12.8. The van der Waals surface area contributed by atoms with E-state index >= 15 is 0 Å². The summed E-state index contributed by atoms with van der Waals surface area (Å²) in [6.45, 7) is 2.00. The molecule has 0 fully saturated rings. The average Bonchev–Trinajstić information content (AvgIpc) is 2.66. The molecule has 0 aliphatic heterocycles. The lowest BCUT2D eigenvalue weighted by Crippen LogP contribution is -2.36. The summed E-state index contributed by atoms with van der Waals surface area (Å²) >= 11 is 0. The number of nitrogens with two attached hydrogens (primary N) is 1. The molecule has 1 aromatic heterocycles. The molecule has 0 radical (unpaired) electrons. The zero-order valence-corrected chi connectivity index (χ0v) is 16.4. The van der Waals surface area contributed by atoms with Crippen LogP contribution in [0.15, 0.2) is 53.3 Å². The van der Waals surface area contributed by atoms with Gasteiger partial charge in [-0.05, 0) is 38.2 Å². The summed E-state index contributed by atoms with van der Waals surface area (Å²) in [7, 11) is 1.74. The average molecular weight is 393 g/mol. The summed E-state index contributed by atoms with van der Waals surface area (Å²) in [6, 6.07) is 14.4. The van der Waals surface area contributed by atoms with Crippen molar-refractivity contribution >= 4 is 28.4 Å². The van der Waals surface area contributed by atoms with E-state index in [2.05, 4.69) is 10.3 Å². The molecule has 3 rings (SSSR count). The molecular weight excluding hydrogens is 370 g/mol. The molecule has 0 saturated heterocycles. The Bertz CT molecular complexity index is 1110. The predicted molar refractivity (Wildman–Crippen MR) is 111 cm³/mol.